The average Bonchev–Trinajstić information content (AvgIpc) is 2.26. The van der Waals surface area contributed by atoms with Crippen molar-refractivity contribution in [2.75, 3.05) is 0 Å². The summed E-state index contributed by atoms with van der Waals surface area (Å²) in [5.41, 5.74) is 1.66. The van der Waals surface area contributed by atoms with Crippen molar-refractivity contribution in [3.63, 3.8) is 0 Å². The van der Waals surface area contributed by atoms with Gasteiger partial charge in [0, 0.05) is 17.3 Å². The molecule has 0 unspecified atom stereocenters. The second kappa shape index (κ2) is 6.18. The van der Waals surface area contributed by atoms with Crippen LogP contribution in [0.1, 0.15) is 18.9 Å². The molecule has 0 aromatic heterocycles. The summed E-state index contributed by atoms with van der Waals surface area (Å²) in [5, 5.41) is 6.02. The topological polar surface area (TPSA) is 41.1 Å². The molecule has 3 nitrogen and oxygen atoms in total. The van der Waals surface area contributed by atoms with E-state index >= 15 is 0 Å². The normalized spacial score (nSPS) is 9.62. The first kappa shape index (κ1) is 12.6. The zero-order valence-electron chi connectivity index (χ0n) is 9.22. The summed E-state index contributed by atoms with van der Waals surface area (Å²) in [6.07, 6.45) is 0.727. The zero-order valence-corrected chi connectivity index (χ0v) is 9.97. The highest BCUT2D eigenvalue weighted by Gasteiger charge is 2.01. The quantitative estimate of drug-likeness (QED) is 0.832. The maximum Gasteiger partial charge on any atom is 0.319 e. The van der Waals surface area contributed by atoms with Gasteiger partial charge in [-0.15, -0.1) is 0 Å². The minimum atomic E-state index is -0.244. The number of allylic oxidation sites excluding steroid dienone is 1. The Hall–Kier alpha value is -1.48. The van der Waals surface area contributed by atoms with Crippen LogP contribution >= 0.6 is 11.6 Å². The predicted octanol–water partition coefficient (Wildman–Crippen LogP) is 3.06. The number of nitrogens with one attached hydrogen (secondary N) is 2. The van der Waals surface area contributed by atoms with Crippen LogP contribution in [0.3, 0.4) is 0 Å². The maximum absolute atomic E-state index is 11.4. The molecule has 1 rings (SSSR count). The number of carbonyl (C=O) groups excluding carboxylic acids is 1. The molecule has 16 heavy (non-hydrogen) atoms. The highest BCUT2D eigenvalue weighted by atomic mass is 35.5. The number of carbonyl (C=O) groups is 1. The van der Waals surface area contributed by atoms with E-state index in [1.54, 1.807) is 6.07 Å². The summed E-state index contributed by atoms with van der Waals surface area (Å²) < 4.78 is 0. The monoisotopic (exact) mass is 238 g/mol. The van der Waals surface area contributed by atoms with Crippen LogP contribution in [0.5, 0.6) is 0 Å². The number of urea groups is 1. The van der Waals surface area contributed by atoms with E-state index in [1.807, 2.05) is 25.1 Å². The van der Waals surface area contributed by atoms with Gasteiger partial charge in [-0.2, -0.15) is 0 Å². The summed E-state index contributed by atoms with van der Waals surface area (Å²) in [5.74, 6) is 0. The van der Waals surface area contributed by atoms with E-state index in [0.717, 1.165) is 12.0 Å². The van der Waals surface area contributed by atoms with Gasteiger partial charge in [0.15, 0.2) is 0 Å². The second-order valence-electron chi connectivity index (χ2n) is 3.39. The van der Waals surface area contributed by atoms with E-state index in [1.165, 1.54) is 0 Å². The first-order chi connectivity index (χ1) is 7.61. The lowest BCUT2D eigenvalue weighted by atomic mass is 10.2. The van der Waals surface area contributed by atoms with Gasteiger partial charge in [0.05, 0.1) is 0 Å². The molecule has 4 heteroatoms. The second-order valence-corrected chi connectivity index (χ2v) is 3.83. The summed E-state index contributed by atoms with van der Waals surface area (Å²) in [4.78, 5) is 11.4. The Balaban J connectivity index is 2.40. The molecular weight excluding hydrogens is 224 g/mol. The molecule has 1 aromatic rings. The summed E-state index contributed by atoms with van der Waals surface area (Å²) in [6.45, 7) is 6.07. The first-order valence-electron chi connectivity index (χ1n) is 5.09. The predicted molar refractivity (Wildman–Crippen MR) is 66.3 cm³/mol. The number of hydrogen-bond donors (Lipinski definition) is 2. The van der Waals surface area contributed by atoms with Crippen LogP contribution in [0.15, 0.2) is 36.5 Å². The van der Waals surface area contributed by atoms with Crippen molar-refractivity contribution >= 4 is 17.6 Å². The average molecular weight is 239 g/mol. The van der Waals surface area contributed by atoms with Crippen molar-refractivity contribution in [1.82, 2.24) is 10.6 Å². The van der Waals surface area contributed by atoms with Crippen LogP contribution in [0.4, 0.5) is 4.79 Å². The standard InChI is InChI=1S/C12H15ClN2O/c1-3-9(2)15-12(16)14-8-10-5-4-6-11(13)7-10/h4-7H,2-3,8H2,1H3,(H2,14,15,16). The SMILES string of the molecule is C=C(CC)NC(=O)NCc1cccc(Cl)c1. The molecule has 1 aromatic carbocycles. The van der Waals surface area contributed by atoms with Gasteiger partial charge in [0.25, 0.3) is 0 Å². The Morgan fingerprint density at radius 3 is 2.88 bits per heavy atom. The van der Waals surface area contributed by atoms with Gasteiger partial charge in [-0.1, -0.05) is 37.2 Å². The van der Waals surface area contributed by atoms with Crippen molar-refractivity contribution in [2.24, 2.45) is 0 Å². The lowest BCUT2D eigenvalue weighted by Gasteiger charge is -2.08. The van der Waals surface area contributed by atoms with Crippen molar-refractivity contribution in [3.8, 4) is 0 Å². The van der Waals surface area contributed by atoms with Crippen LogP contribution in [0.2, 0.25) is 5.02 Å². The molecule has 0 fully saturated rings. The van der Waals surface area contributed by atoms with Gasteiger partial charge in [-0.25, -0.2) is 4.79 Å². The Bertz CT molecular complexity index is 390. The number of rotatable bonds is 4. The van der Waals surface area contributed by atoms with Gasteiger partial charge < -0.3 is 10.6 Å². The van der Waals surface area contributed by atoms with Crippen LogP contribution in [0.25, 0.3) is 0 Å². The Kier molecular flexibility index (Phi) is 4.86. The van der Waals surface area contributed by atoms with Crippen LogP contribution in [-0.4, -0.2) is 6.03 Å². The van der Waals surface area contributed by atoms with Gasteiger partial charge >= 0.3 is 6.03 Å². The fraction of sp³-hybridized carbons (Fsp3) is 0.250. The van der Waals surface area contributed by atoms with E-state index in [2.05, 4.69) is 17.2 Å². The largest absolute Gasteiger partial charge is 0.334 e. The van der Waals surface area contributed by atoms with E-state index in [0.29, 0.717) is 17.3 Å². The summed E-state index contributed by atoms with van der Waals surface area (Å²) in [6, 6.07) is 7.12. The third-order valence-electron chi connectivity index (χ3n) is 2.06. The molecule has 0 aliphatic rings. The van der Waals surface area contributed by atoms with E-state index in [-0.39, 0.29) is 6.03 Å². The third kappa shape index (κ3) is 4.36. The van der Waals surface area contributed by atoms with Crippen molar-refractivity contribution in [3.05, 3.63) is 47.1 Å². The molecule has 2 amide bonds. The smallest absolute Gasteiger partial charge is 0.319 e. The highest BCUT2D eigenvalue weighted by Crippen LogP contribution is 2.10. The Labute approximate surface area is 100 Å². The number of halogens is 1. The maximum atomic E-state index is 11.4. The Morgan fingerprint density at radius 1 is 1.50 bits per heavy atom. The zero-order chi connectivity index (χ0) is 12.0. The molecular formula is C12H15ClN2O. The Morgan fingerprint density at radius 2 is 2.25 bits per heavy atom. The number of amides is 2. The van der Waals surface area contributed by atoms with E-state index in [9.17, 15) is 4.79 Å². The number of benzene rings is 1. The van der Waals surface area contributed by atoms with Crippen LogP contribution in [0, 0.1) is 0 Å². The molecule has 0 saturated carbocycles. The summed E-state index contributed by atoms with van der Waals surface area (Å²) in [7, 11) is 0. The molecule has 0 radical (unpaired) electrons. The van der Waals surface area contributed by atoms with Crippen LogP contribution < -0.4 is 10.6 Å². The number of hydrogen-bond acceptors (Lipinski definition) is 1. The minimum Gasteiger partial charge on any atom is -0.334 e. The van der Waals surface area contributed by atoms with Crippen molar-refractivity contribution < 1.29 is 4.79 Å². The molecule has 0 aliphatic carbocycles. The molecule has 0 spiro atoms. The van der Waals surface area contributed by atoms with E-state index in [4.69, 9.17) is 11.6 Å². The first-order valence-corrected chi connectivity index (χ1v) is 5.46. The molecule has 0 atom stereocenters. The fourth-order valence-corrected chi connectivity index (χ4v) is 1.34. The molecule has 0 heterocycles. The van der Waals surface area contributed by atoms with Gasteiger partial charge in [0.2, 0.25) is 0 Å². The van der Waals surface area contributed by atoms with Crippen molar-refractivity contribution in [1.29, 1.82) is 0 Å². The van der Waals surface area contributed by atoms with E-state index < -0.39 is 0 Å². The molecule has 0 aliphatic heterocycles. The minimum absolute atomic E-state index is 0.244. The summed E-state index contributed by atoms with van der Waals surface area (Å²) >= 11 is 5.82. The lowest BCUT2D eigenvalue weighted by molar-refractivity contribution is 0.242. The van der Waals surface area contributed by atoms with Gasteiger partial charge in [-0.3, -0.25) is 0 Å². The van der Waals surface area contributed by atoms with Gasteiger partial charge in [0.1, 0.15) is 0 Å². The molecule has 0 saturated heterocycles. The molecule has 2 N–H and O–H groups in total. The fourth-order valence-electron chi connectivity index (χ4n) is 1.12. The lowest BCUT2D eigenvalue weighted by Crippen LogP contribution is -2.34. The molecule has 86 valence electrons. The highest BCUT2D eigenvalue weighted by molar-refractivity contribution is 6.30. The van der Waals surface area contributed by atoms with Crippen molar-refractivity contribution in [2.45, 2.75) is 19.9 Å². The molecule has 0 bridgehead atoms. The third-order valence-corrected chi connectivity index (χ3v) is 2.29. The van der Waals surface area contributed by atoms with Crippen LogP contribution in [-0.2, 0) is 6.54 Å². The van der Waals surface area contributed by atoms with Gasteiger partial charge in [-0.05, 0) is 24.1 Å².